The lowest BCUT2D eigenvalue weighted by molar-refractivity contribution is 0.549. The van der Waals surface area contributed by atoms with Crippen molar-refractivity contribution in [1.82, 2.24) is 9.36 Å². The first-order valence-corrected chi connectivity index (χ1v) is 5.33. The fourth-order valence-electron chi connectivity index (χ4n) is 1.08. The molecule has 1 aliphatic carbocycles. The standard InChI is InChI=1S/C9H15N3S/c1-8(2,3)6-11-7(13-12-6)9(10)4-5-9/h4-5,10H2,1-3H3. The topological polar surface area (TPSA) is 51.8 Å². The van der Waals surface area contributed by atoms with E-state index >= 15 is 0 Å². The largest absolute Gasteiger partial charge is 0.319 e. The molecule has 3 nitrogen and oxygen atoms in total. The Hall–Kier alpha value is -0.480. The van der Waals surface area contributed by atoms with Crippen LogP contribution in [0.25, 0.3) is 0 Å². The Bertz CT molecular complexity index is 300. The van der Waals surface area contributed by atoms with E-state index < -0.39 is 0 Å². The second kappa shape index (κ2) is 2.51. The van der Waals surface area contributed by atoms with Crippen LogP contribution in [0, 0.1) is 0 Å². The van der Waals surface area contributed by atoms with E-state index in [2.05, 4.69) is 30.1 Å². The van der Waals surface area contributed by atoms with E-state index in [1.807, 2.05) is 0 Å². The van der Waals surface area contributed by atoms with Crippen molar-refractivity contribution in [3.05, 3.63) is 10.8 Å². The van der Waals surface area contributed by atoms with Crippen LogP contribution in [0.4, 0.5) is 0 Å². The maximum absolute atomic E-state index is 6.03. The number of rotatable bonds is 1. The van der Waals surface area contributed by atoms with Crippen LogP contribution in [0.3, 0.4) is 0 Å². The highest BCUT2D eigenvalue weighted by Crippen LogP contribution is 2.43. The lowest BCUT2D eigenvalue weighted by Crippen LogP contribution is -2.19. The summed E-state index contributed by atoms with van der Waals surface area (Å²) < 4.78 is 4.34. The first-order chi connectivity index (χ1) is 5.92. The van der Waals surface area contributed by atoms with Crippen molar-refractivity contribution in [2.24, 2.45) is 5.73 Å². The third kappa shape index (κ3) is 1.60. The molecular formula is C9H15N3S. The van der Waals surface area contributed by atoms with Crippen LogP contribution in [0.5, 0.6) is 0 Å². The molecule has 1 fully saturated rings. The molecule has 13 heavy (non-hydrogen) atoms. The summed E-state index contributed by atoms with van der Waals surface area (Å²) in [4.78, 5) is 4.50. The predicted octanol–water partition coefficient (Wildman–Crippen LogP) is 1.78. The van der Waals surface area contributed by atoms with Crippen molar-refractivity contribution >= 4 is 11.5 Å². The van der Waals surface area contributed by atoms with Crippen LogP contribution in [0.15, 0.2) is 0 Å². The van der Waals surface area contributed by atoms with Gasteiger partial charge in [-0.3, -0.25) is 0 Å². The summed E-state index contributed by atoms with van der Waals surface area (Å²) >= 11 is 1.46. The summed E-state index contributed by atoms with van der Waals surface area (Å²) in [6, 6.07) is 0. The van der Waals surface area contributed by atoms with Crippen LogP contribution in [0.2, 0.25) is 0 Å². The van der Waals surface area contributed by atoms with Crippen LogP contribution in [-0.2, 0) is 11.0 Å². The van der Waals surface area contributed by atoms with Gasteiger partial charge in [0, 0.05) is 5.41 Å². The fourth-order valence-corrected chi connectivity index (χ4v) is 2.08. The van der Waals surface area contributed by atoms with Gasteiger partial charge < -0.3 is 5.73 Å². The number of hydrogen-bond acceptors (Lipinski definition) is 4. The molecule has 4 heteroatoms. The molecule has 1 saturated carbocycles. The van der Waals surface area contributed by atoms with Crippen LogP contribution < -0.4 is 5.73 Å². The third-order valence-corrected chi connectivity index (χ3v) is 3.25. The van der Waals surface area contributed by atoms with Gasteiger partial charge in [-0.25, -0.2) is 4.98 Å². The van der Waals surface area contributed by atoms with Crippen LogP contribution >= 0.6 is 11.5 Å². The first-order valence-electron chi connectivity index (χ1n) is 4.55. The summed E-state index contributed by atoms with van der Waals surface area (Å²) in [6.45, 7) is 6.36. The van der Waals surface area contributed by atoms with Crippen molar-refractivity contribution in [1.29, 1.82) is 0 Å². The van der Waals surface area contributed by atoms with E-state index in [-0.39, 0.29) is 11.0 Å². The predicted molar refractivity (Wildman–Crippen MR) is 53.7 cm³/mol. The zero-order valence-corrected chi connectivity index (χ0v) is 9.11. The molecule has 0 aromatic carbocycles. The Morgan fingerprint density at radius 1 is 1.38 bits per heavy atom. The van der Waals surface area contributed by atoms with Crippen molar-refractivity contribution in [3.8, 4) is 0 Å². The Kier molecular flexibility index (Phi) is 1.76. The average molecular weight is 197 g/mol. The highest BCUT2D eigenvalue weighted by molar-refractivity contribution is 7.05. The van der Waals surface area contributed by atoms with Gasteiger partial charge in [0.05, 0.1) is 5.54 Å². The molecule has 0 aliphatic heterocycles. The summed E-state index contributed by atoms with van der Waals surface area (Å²) in [5, 5.41) is 1.01. The maximum Gasteiger partial charge on any atom is 0.147 e. The van der Waals surface area contributed by atoms with Crippen LogP contribution in [-0.4, -0.2) is 9.36 Å². The molecule has 0 saturated heterocycles. The van der Waals surface area contributed by atoms with Crippen molar-refractivity contribution in [2.45, 2.75) is 44.6 Å². The fraction of sp³-hybridized carbons (Fsp3) is 0.778. The molecule has 1 aromatic rings. The van der Waals surface area contributed by atoms with Gasteiger partial charge in [-0.05, 0) is 24.4 Å². The first kappa shape index (κ1) is 9.09. The van der Waals surface area contributed by atoms with Crippen molar-refractivity contribution in [2.75, 3.05) is 0 Å². The van der Waals surface area contributed by atoms with E-state index in [0.29, 0.717) is 0 Å². The Morgan fingerprint density at radius 2 is 2.00 bits per heavy atom. The molecule has 2 rings (SSSR count). The number of aromatic nitrogens is 2. The number of nitrogens with two attached hydrogens (primary N) is 1. The Balaban J connectivity index is 2.29. The van der Waals surface area contributed by atoms with E-state index in [1.165, 1.54) is 11.5 Å². The molecule has 0 radical (unpaired) electrons. The minimum absolute atomic E-state index is 0.0417. The smallest absolute Gasteiger partial charge is 0.147 e. The molecule has 1 aromatic heterocycles. The van der Waals surface area contributed by atoms with E-state index in [4.69, 9.17) is 5.73 Å². The molecule has 0 amide bonds. The molecule has 0 unspecified atom stereocenters. The minimum atomic E-state index is -0.124. The second-order valence-electron chi connectivity index (χ2n) is 4.83. The van der Waals surface area contributed by atoms with E-state index in [0.717, 1.165) is 23.7 Å². The van der Waals surface area contributed by atoms with E-state index in [9.17, 15) is 0 Å². The molecule has 72 valence electrons. The van der Waals surface area contributed by atoms with Gasteiger partial charge in [-0.2, -0.15) is 4.37 Å². The molecule has 0 atom stereocenters. The summed E-state index contributed by atoms with van der Waals surface area (Å²) in [7, 11) is 0. The third-order valence-electron chi connectivity index (χ3n) is 2.31. The molecule has 1 heterocycles. The van der Waals surface area contributed by atoms with E-state index in [1.54, 1.807) is 0 Å². The van der Waals surface area contributed by atoms with Crippen LogP contribution in [0.1, 0.15) is 44.4 Å². The summed E-state index contributed by atoms with van der Waals surface area (Å²) in [6.07, 6.45) is 2.12. The molecule has 1 aliphatic rings. The summed E-state index contributed by atoms with van der Waals surface area (Å²) in [5.74, 6) is 0.921. The van der Waals surface area contributed by atoms with Gasteiger partial charge in [0.2, 0.25) is 0 Å². The highest BCUT2D eigenvalue weighted by atomic mass is 32.1. The Labute approximate surface area is 82.5 Å². The van der Waals surface area contributed by atoms with Gasteiger partial charge in [0.25, 0.3) is 0 Å². The zero-order chi connectivity index (χ0) is 9.69. The lowest BCUT2D eigenvalue weighted by Gasteiger charge is -2.12. The van der Waals surface area contributed by atoms with Gasteiger partial charge in [-0.15, -0.1) is 0 Å². The lowest BCUT2D eigenvalue weighted by atomic mass is 9.96. The molecule has 0 bridgehead atoms. The highest BCUT2D eigenvalue weighted by Gasteiger charge is 2.43. The monoisotopic (exact) mass is 197 g/mol. The average Bonchev–Trinajstić information content (AvgIpc) is 2.60. The zero-order valence-electron chi connectivity index (χ0n) is 8.29. The maximum atomic E-state index is 6.03. The summed E-state index contributed by atoms with van der Waals surface area (Å²) in [5.41, 5.74) is 5.95. The van der Waals surface area contributed by atoms with Gasteiger partial charge in [0.15, 0.2) is 0 Å². The second-order valence-corrected chi connectivity index (χ2v) is 5.58. The normalized spacial score (nSPS) is 20.3. The molecule has 0 spiro atoms. The van der Waals surface area contributed by atoms with Gasteiger partial charge in [-0.1, -0.05) is 20.8 Å². The number of hydrogen-bond donors (Lipinski definition) is 1. The van der Waals surface area contributed by atoms with Gasteiger partial charge in [0.1, 0.15) is 10.8 Å². The molecule has 2 N–H and O–H groups in total. The molecular weight excluding hydrogens is 182 g/mol. The quantitative estimate of drug-likeness (QED) is 0.746. The SMILES string of the molecule is CC(C)(C)c1nsc(C2(N)CC2)n1. The Morgan fingerprint density at radius 3 is 2.38 bits per heavy atom. The van der Waals surface area contributed by atoms with Gasteiger partial charge >= 0.3 is 0 Å². The van der Waals surface area contributed by atoms with Crippen molar-refractivity contribution < 1.29 is 0 Å². The minimum Gasteiger partial charge on any atom is -0.319 e. The van der Waals surface area contributed by atoms with Crippen molar-refractivity contribution in [3.63, 3.8) is 0 Å². The number of nitrogens with zero attached hydrogens (tertiary/aromatic N) is 2.